The van der Waals surface area contributed by atoms with E-state index in [0.717, 1.165) is 55.0 Å². The Balaban J connectivity index is 1.53. The van der Waals surface area contributed by atoms with E-state index in [1.54, 1.807) is 30.3 Å². The summed E-state index contributed by atoms with van der Waals surface area (Å²) >= 11 is 0. The van der Waals surface area contributed by atoms with Crippen LogP contribution in [0.1, 0.15) is 55.5 Å². The molecule has 6 heteroatoms. The van der Waals surface area contributed by atoms with Crippen molar-refractivity contribution in [1.29, 1.82) is 0 Å². The van der Waals surface area contributed by atoms with Crippen molar-refractivity contribution < 1.29 is 19.2 Å². The fourth-order valence-electron chi connectivity index (χ4n) is 6.79. The molecule has 0 unspecified atom stereocenters. The van der Waals surface area contributed by atoms with Gasteiger partial charge in [-0.3, -0.25) is 9.59 Å². The van der Waals surface area contributed by atoms with Crippen LogP contribution in [0.3, 0.4) is 0 Å². The maximum atomic E-state index is 14.5. The average Bonchev–Trinajstić information content (AvgIpc) is 3.42. The van der Waals surface area contributed by atoms with Crippen molar-refractivity contribution >= 4 is 55.8 Å². The Kier molecular flexibility index (Phi) is 7.77. The molecule has 6 aromatic carbocycles. The van der Waals surface area contributed by atoms with Gasteiger partial charge in [0.05, 0.1) is 11.0 Å². The van der Waals surface area contributed by atoms with Crippen LogP contribution in [0, 0.1) is 20.8 Å². The number of carbonyl (C=O) groups is 3. The van der Waals surface area contributed by atoms with E-state index in [9.17, 15) is 14.4 Å². The van der Waals surface area contributed by atoms with Gasteiger partial charge in [0.15, 0.2) is 11.5 Å². The third-order valence-corrected chi connectivity index (χ3v) is 8.72. The molecular formula is C42H32N2O4. The maximum Gasteiger partial charge on any atom is 0.332 e. The summed E-state index contributed by atoms with van der Waals surface area (Å²) in [7, 11) is 0. The summed E-state index contributed by atoms with van der Waals surface area (Å²) in [5, 5.41) is 7.39. The summed E-state index contributed by atoms with van der Waals surface area (Å²) in [5.41, 5.74) is 7.94. The summed E-state index contributed by atoms with van der Waals surface area (Å²) in [6.07, 6.45) is 0. The van der Waals surface area contributed by atoms with Gasteiger partial charge in [-0.1, -0.05) is 95.6 Å². The van der Waals surface area contributed by atoms with Crippen molar-refractivity contribution in [3.63, 3.8) is 0 Å². The first-order chi connectivity index (χ1) is 23.2. The molecule has 0 radical (unpaired) electrons. The summed E-state index contributed by atoms with van der Waals surface area (Å²) in [6, 6.07) is 38.6. The zero-order valence-electron chi connectivity index (χ0n) is 27.1. The van der Waals surface area contributed by atoms with Gasteiger partial charge in [0.2, 0.25) is 5.78 Å². The number of oxime groups is 1. The molecule has 0 aliphatic heterocycles. The van der Waals surface area contributed by atoms with Crippen LogP contribution in [0.2, 0.25) is 0 Å². The van der Waals surface area contributed by atoms with Crippen molar-refractivity contribution in [3.8, 4) is 5.69 Å². The van der Waals surface area contributed by atoms with Gasteiger partial charge in [-0.2, -0.15) is 0 Å². The van der Waals surface area contributed by atoms with Gasteiger partial charge in [-0.05, 0) is 73.7 Å². The van der Waals surface area contributed by atoms with Gasteiger partial charge < -0.3 is 9.40 Å². The van der Waals surface area contributed by atoms with Crippen molar-refractivity contribution in [2.75, 3.05) is 0 Å². The topological polar surface area (TPSA) is 77.7 Å². The predicted octanol–water partition coefficient (Wildman–Crippen LogP) is 9.24. The summed E-state index contributed by atoms with van der Waals surface area (Å²) in [5.74, 6) is -1.07. The summed E-state index contributed by atoms with van der Waals surface area (Å²) in [6.45, 7) is 7.24. The maximum absolute atomic E-state index is 14.5. The molecule has 1 aromatic heterocycles. The summed E-state index contributed by atoms with van der Waals surface area (Å²) in [4.78, 5) is 45.3. The molecule has 1 heterocycles. The smallest absolute Gasteiger partial charge is 0.318 e. The Morgan fingerprint density at radius 1 is 0.625 bits per heavy atom. The van der Waals surface area contributed by atoms with Gasteiger partial charge in [0, 0.05) is 51.0 Å². The van der Waals surface area contributed by atoms with E-state index in [1.165, 1.54) is 6.92 Å². The fourth-order valence-corrected chi connectivity index (χ4v) is 6.79. The lowest BCUT2D eigenvalue weighted by Gasteiger charge is -2.14. The number of fused-ring (bicyclic) bond motifs is 5. The number of aromatic nitrogens is 1. The zero-order chi connectivity index (χ0) is 33.5. The first-order valence-electron chi connectivity index (χ1n) is 15.8. The molecule has 7 rings (SSSR count). The number of rotatable bonds is 7. The second-order valence-electron chi connectivity index (χ2n) is 12.1. The number of nitrogens with zero attached hydrogens (tertiary/aromatic N) is 2. The molecule has 0 spiro atoms. The van der Waals surface area contributed by atoms with Crippen molar-refractivity contribution in [2.45, 2.75) is 27.7 Å². The van der Waals surface area contributed by atoms with Crippen molar-refractivity contribution in [1.82, 2.24) is 4.57 Å². The Morgan fingerprint density at radius 3 is 1.92 bits per heavy atom. The van der Waals surface area contributed by atoms with Crippen molar-refractivity contribution in [2.24, 2.45) is 5.16 Å². The highest BCUT2D eigenvalue weighted by Crippen LogP contribution is 2.39. The zero-order valence-corrected chi connectivity index (χ0v) is 27.1. The monoisotopic (exact) mass is 628 g/mol. The average molecular weight is 629 g/mol. The number of para-hydroxylation sites is 1. The molecule has 0 aliphatic rings. The van der Waals surface area contributed by atoms with Crippen LogP contribution < -0.4 is 0 Å². The Morgan fingerprint density at radius 2 is 1.25 bits per heavy atom. The van der Waals surface area contributed by atoms with Crippen LogP contribution in [0.15, 0.2) is 126 Å². The number of benzene rings is 6. The van der Waals surface area contributed by atoms with E-state index in [-0.39, 0.29) is 11.5 Å². The van der Waals surface area contributed by atoms with Gasteiger partial charge >= 0.3 is 5.97 Å². The minimum absolute atomic E-state index is 0.0172. The number of hydrogen-bond acceptors (Lipinski definition) is 5. The van der Waals surface area contributed by atoms with Gasteiger partial charge in [0.1, 0.15) is 0 Å². The number of Topliss-reactive ketones (excluding diaryl/α,β-unsaturated/α-hetero) is 1. The second kappa shape index (κ2) is 12.2. The molecule has 7 aromatic rings. The number of ketones is 2. The van der Waals surface area contributed by atoms with E-state index >= 15 is 0 Å². The Bertz CT molecular complexity index is 2430. The third kappa shape index (κ3) is 5.27. The van der Waals surface area contributed by atoms with Gasteiger partial charge in [0.25, 0.3) is 0 Å². The fraction of sp³-hybridized carbons (Fsp3) is 0.0952. The molecule has 0 atom stereocenters. The second-order valence-corrected chi connectivity index (χ2v) is 12.1. The van der Waals surface area contributed by atoms with Gasteiger partial charge in [-0.25, -0.2) is 4.79 Å². The van der Waals surface area contributed by atoms with E-state index in [1.807, 2.05) is 112 Å². The molecule has 0 saturated heterocycles. The molecule has 0 amide bonds. The van der Waals surface area contributed by atoms with Crippen LogP contribution in [0.4, 0.5) is 0 Å². The van der Waals surface area contributed by atoms with Gasteiger partial charge in [-0.15, -0.1) is 0 Å². The first kappa shape index (κ1) is 30.5. The number of carbonyl (C=O) groups excluding carboxylic acids is 3. The Hall–Kier alpha value is -6.14. The van der Waals surface area contributed by atoms with E-state index in [4.69, 9.17) is 4.84 Å². The first-order valence-corrected chi connectivity index (χ1v) is 15.8. The minimum atomic E-state index is -0.624. The highest BCUT2D eigenvalue weighted by Gasteiger charge is 2.24. The lowest BCUT2D eigenvalue weighted by molar-refractivity contribution is -0.140. The van der Waals surface area contributed by atoms with E-state index < -0.39 is 11.8 Å². The van der Waals surface area contributed by atoms with E-state index in [2.05, 4.69) is 9.72 Å². The van der Waals surface area contributed by atoms with Crippen LogP contribution in [-0.2, 0) is 9.63 Å². The summed E-state index contributed by atoms with van der Waals surface area (Å²) < 4.78 is 2.18. The lowest BCUT2D eigenvalue weighted by atomic mass is 9.89. The predicted molar refractivity (Wildman–Crippen MR) is 191 cm³/mol. The molecule has 0 aliphatic carbocycles. The lowest BCUT2D eigenvalue weighted by Crippen LogP contribution is -2.17. The van der Waals surface area contributed by atoms with Crippen molar-refractivity contribution in [3.05, 3.63) is 160 Å². The highest BCUT2D eigenvalue weighted by molar-refractivity contribution is 6.51. The van der Waals surface area contributed by atoms with Crippen LogP contribution in [0.5, 0.6) is 0 Å². The number of hydrogen-bond donors (Lipinski definition) is 0. The molecule has 234 valence electrons. The standard InChI is InChI=1S/C42H32N2O4/c1-25-21-26(2)38(27(3)22-25)42(47)36-24-35-34-23-30(41(46)39(43-48-28(4)45)29-13-7-5-8-14-29)19-20-37(34)44(31-15-9-6-10-16-31)40(35)33-18-12-11-17-32(33)36/h5-24H,1-4H3/b43-39-. The van der Waals surface area contributed by atoms with Crippen LogP contribution in [0.25, 0.3) is 38.3 Å². The van der Waals surface area contributed by atoms with Crippen LogP contribution >= 0.6 is 0 Å². The SMILES string of the molecule is CC(=O)O/N=C(\C(=O)c1ccc2c(c1)c1cc(C(=O)c3c(C)cc(C)cc3C)c3ccccc3c1n2-c1ccccc1)c1ccccc1. The Labute approximate surface area is 277 Å². The third-order valence-electron chi connectivity index (χ3n) is 8.72. The highest BCUT2D eigenvalue weighted by atomic mass is 16.7. The molecule has 0 saturated carbocycles. The number of aryl methyl sites for hydroxylation is 3. The molecule has 0 bridgehead atoms. The largest absolute Gasteiger partial charge is 0.332 e. The molecule has 6 nitrogen and oxygen atoms in total. The van der Waals surface area contributed by atoms with E-state index in [0.29, 0.717) is 22.3 Å². The van der Waals surface area contributed by atoms with Crippen LogP contribution in [-0.4, -0.2) is 27.8 Å². The molecule has 0 fully saturated rings. The minimum Gasteiger partial charge on any atom is -0.318 e. The molecule has 48 heavy (non-hydrogen) atoms. The molecular weight excluding hydrogens is 596 g/mol. The quantitative estimate of drug-likeness (QED) is 0.0763. The normalized spacial score (nSPS) is 11.7. The molecule has 0 N–H and O–H groups in total.